The van der Waals surface area contributed by atoms with Crippen LogP contribution in [0.5, 0.6) is 11.5 Å². The highest BCUT2D eigenvalue weighted by Crippen LogP contribution is 2.41. The summed E-state index contributed by atoms with van der Waals surface area (Å²) in [6, 6.07) is 15.0. The standard InChI is InChI=1S/C28H26N2O5/c1-4-14-35-23-12-9-21(15-18(23)2)26(31)24-25(20-7-10-22(34-3)11-8-20)30(28(33)27(24)32)17-19-6-5-13-29-16-19/h4-13,15-16,25,31H,1,14,17H2,2-3H3. The van der Waals surface area contributed by atoms with Crippen molar-refractivity contribution < 1.29 is 24.2 Å². The SMILES string of the molecule is C=CCOc1ccc(C(O)=C2C(=O)C(=O)N(Cc3cccnc3)C2c2ccc(OC)cc2)cc1C. The number of benzene rings is 2. The lowest BCUT2D eigenvalue weighted by atomic mass is 9.94. The first-order valence-corrected chi connectivity index (χ1v) is 11.1. The number of Topliss-reactive ketones (excluding diaryl/α,β-unsaturated/α-hetero) is 1. The summed E-state index contributed by atoms with van der Waals surface area (Å²) in [4.78, 5) is 32.0. The smallest absolute Gasteiger partial charge is 0.295 e. The van der Waals surface area contributed by atoms with Crippen LogP contribution in [-0.4, -0.2) is 40.4 Å². The Hall–Kier alpha value is -4.39. The number of hydrogen-bond donors (Lipinski definition) is 1. The van der Waals surface area contributed by atoms with Gasteiger partial charge in [0.25, 0.3) is 11.7 Å². The van der Waals surface area contributed by atoms with Gasteiger partial charge in [0.15, 0.2) is 0 Å². The highest BCUT2D eigenvalue weighted by Gasteiger charge is 2.46. The van der Waals surface area contributed by atoms with E-state index in [2.05, 4.69) is 11.6 Å². The number of carbonyl (C=O) groups is 2. The van der Waals surface area contributed by atoms with Gasteiger partial charge in [-0.1, -0.05) is 30.9 Å². The number of nitrogens with zero attached hydrogens (tertiary/aromatic N) is 2. The molecule has 2 heterocycles. The summed E-state index contributed by atoms with van der Waals surface area (Å²) in [6.07, 6.45) is 4.94. The fraction of sp³-hybridized carbons (Fsp3) is 0.179. The Labute approximate surface area is 203 Å². The fourth-order valence-electron chi connectivity index (χ4n) is 4.13. The number of rotatable bonds is 8. The van der Waals surface area contributed by atoms with E-state index in [-0.39, 0.29) is 17.9 Å². The molecular formula is C28H26N2O5. The zero-order valence-electron chi connectivity index (χ0n) is 19.6. The minimum atomic E-state index is -0.780. The summed E-state index contributed by atoms with van der Waals surface area (Å²) < 4.78 is 10.9. The Morgan fingerprint density at radius 2 is 1.94 bits per heavy atom. The van der Waals surface area contributed by atoms with E-state index < -0.39 is 17.7 Å². The van der Waals surface area contributed by atoms with Gasteiger partial charge in [0.2, 0.25) is 0 Å². The summed E-state index contributed by atoms with van der Waals surface area (Å²) in [5.41, 5.74) is 2.68. The van der Waals surface area contributed by atoms with E-state index in [1.165, 1.54) is 4.90 Å². The summed E-state index contributed by atoms with van der Waals surface area (Å²) >= 11 is 0. The van der Waals surface area contributed by atoms with Crippen molar-refractivity contribution >= 4 is 17.4 Å². The van der Waals surface area contributed by atoms with Gasteiger partial charge in [-0.15, -0.1) is 0 Å². The quantitative estimate of drug-likeness (QED) is 0.224. The van der Waals surface area contributed by atoms with Gasteiger partial charge in [-0.3, -0.25) is 14.6 Å². The monoisotopic (exact) mass is 470 g/mol. The number of aliphatic hydroxyl groups is 1. The van der Waals surface area contributed by atoms with Crippen LogP contribution in [0.1, 0.15) is 28.3 Å². The first kappa shape index (κ1) is 23.8. The number of aryl methyl sites for hydroxylation is 1. The first-order chi connectivity index (χ1) is 16.9. The Morgan fingerprint density at radius 3 is 2.57 bits per heavy atom. The van der Waals surface area contributed by atoms with Gasteiger partial charge < -0.3 is 19.5 Å². The van der Waals surface area contributed by atoms with Crippen molar-refractivity contribution in [3.63, 3.8) is 0 Å². The van der Waals surface area contributed by atoms with Crippen molar-refractivity contribution in [2.45, 2.75) is 19.5 Å². The topological polar surface area (TPSA) is 89.0 Å². The van der Waals surface area contributed by atoms with E-state index in [1.54, 1.807) is 74.1 Å². The van der Waals surface area contributed by atoms with Crippen molar-refractivity contribution in [3.8, 4) is 11.5 Å². The van der Waals surface area contributed by atoms with Crippen LogP contribution in [-0.2, 0) is 16.1 Å². The average Bonchev–Trinajstić information content (AvgIpc) is 3.13. The Morgan fingerprint density at radius 1 is 1.17 bits per heavy atom. The van der Waals surface area contributed by atoms with Gasteiger partial charge in [0.1, 0.15) is 23.9 Å². The molecule has 4 rings (SSSR count). The molecule has 1 atom stereocenters. The van der Waals surface area contributed by atoms with Crippen LogP contribution >= 0.6 is 0 Å². The molecule has 7 heteroatoms. The molecule has 178 valence electrons. The number of ether oxygens (including phenoxy) is 2. The molecule has 1 aromatic heterocycles. The van der Waals surface area contributed by atoms with Crippen LogP contribution in [0, 0.1) is 6.92 Å². The molecule has 1 saturated heterocycles. The molecule has 0 aliphatic carbocycles. The van der Waals surface area contributed by atoms with Gasteiger partial charge in [-0.05, 0) is 60.0 Å². The number of hydrogen-bond acceptors (Lipinski definition) is 6. The second kappa shape index (κ2) is 10.3. The number of likely N-dealkylation sites (tertiary alicyclic amines) is 1. The maximum absolute atomic E-state index is 13.2. The summed E-state index contributed by atoms with van der Waals surface area (Å²) in [7, 11) is 1.56. The van der Waals surface area contributed by atoms with E-state index in [1.807, 2.05) is 13.0 Å². The number of ketones is 1. The van der Waals surface area contributed by atoms with E-state index in [0.29, 0.717) is 29.2 Å². The van der Waals surface area contributed by atoms with Crippen molar-refractivity contribution in [2.24, 2.45) is 0 Å². The normalized spacial score (nSPS) is 16.9. The molecule has 35 heavy (non-hydrogen) atoms. The van der Waals surface area contributed by atoms with Crippen LogP contribution in [0.4, 0.5) is 0 Å². The Kier molecular flexibility index (Phi) is 6.96. The molecular weight excluding hydrogens is 444 g/mol. The molecule has 7 nitrogen and oxygen atoms in total. The number of methoxy groups -OCH3 is 1. The zero-order chi connectivity index (χ0) is 24.9. The molecule has 1 amide bonds. The van der Waals surface area contributed by atoms with Crippen LogP contribution in [0.25, 0.3) is 5.76 Å². The third-order valence-electron chi connectivity index (χ3n) is 5.85. The largest absolute Gasteiger partial charge is 0.507 e. The van der Waals surface area contributed by atoms with Crippen molar-refractivity contribution in [1.82, 2.24) is 9.88 Å². The van der Waals surface area contributed by atoms with Gasteiger partial charge in [0, 0.05) is 24.5 Å². The van der Waals surface area contributed by atoms with Crippen LogP contribution < -0.4 is 9.47 Å². The third kappa shape index (κ3) is 4.80. The molecule has 0 saturated carbocycles. The molecule has 2 aromatic carbocycles. The van der Waals surface area contributed by atoms with Gasteiger partial charge in [-0.25, -0.2) is 0 Å². The summed E-state index contributed by atoms with van der Waals surface area (Å²) in [5.74, 6) is -0.374. The van der Waals surface area contributed by atoms with Crippen LogP contribution in [0.3, 0.4) is 0 Å². The molecule has 3 aromatic rings. The predicted molar refractivity (Wildman–Crippen MR) is 132 cm³/mol. The molecule has 0 spiro atoms. The maximum Gasteiger partial charge on any atom is 0.295 e. The molecule has 0 bridgehead atoms. The molecule has 1 N–H and O–H groups in total. The van der Waals surface area contributed by atoms with Gasteiger partial charge >= 0.3 is 0 Å². The average molecular weight is 471 g/mol. The summed E-state index contributed by atoms with van der Waals surface area (Å²) in [5, 5.41) is 11.3. The van der Waals surface area contributed by atoms with Gasteiger partial charge in [0.05, 0.1) is 18.7 Å². The van der Waals surface area contributed by atoms with Gasteiger partial charge in [-0.2, -0.15) is 0 Å². The Balaban J connectivity index is 1.81. The van der Waals surface area contributed by atoms with E-state index in [4.69, 9.17) is 9.47 Å². The van der Waals surface area contributed by atoms with E-state index in [9.17, 15) is 14.7 Å². The number of aromatic nitrogens is 1. The second-order valence-corrected chi connectivity index (χ2v) is 8.14. The number of carbonyl (C=O) groups excluding carboxylic acids is 2. The highest BCUT2D eigenvalue weighted by atomic mass is 16.5. The van der Waals surface area contributed by atoms with Crippen molar-refractivity contribution in [2.75, 3.05) is 13.7 Å². The van der Waals surface area contributed by atoms with Crippen molar-refractivity contribution in [1.29, 1.82) is 0 Å². The first-order valence-electron chi connectivity index (χ1n) is 11.1. The zero-order valence-corrected chi connectivity index (χ0v) is 19.6. The number of pyridine rings is 1. The second-order valence-electron chi connectivity index (χ2n) is 8.14. The molecule has 1 unspecified atom stereocenters. The predicted octanol–water partition coefficient (Wildman–Crippen LogP) is 4.59. The lowest BCUT2D eigenvalue weighted by molar-refractivity contribution is -0.140. The van der Waals surface area contributed by atoms with E-state index >= 15 is 0 Å². The molecule has 0 radical (unpaired) electrons. The molecule has 1 fully saturated rings. The Bertz CT molecular complexity index is 1280. The molecule has 1 aliphatic rings. The summed E-state index contributed by atoms with van der Waals surface area (Å²) in [6.45, 7) is 6.01. The maximum atomic E-state index is 13.2. The number of aliphatic hydroxyl groups excluding tert-OH is 1. The van der Waals surface area contributed by atoms with Crippen LogP contribution in [0.15, 0.2) is 85.2 Å². The minimum Gasteiger partial charge on any atom is -0.507 e. The fourth-order valence-corrected chi connectivity index (χ4v) is 4.13. The van der Waals surface area contributed by atoms with Crippen LogP contribution in [0.2, 0.25) is 0 Å². The lowest BCUT2D eigenvalue weighted by Gasteiger charge is -2.25. The molecule has 1 aliphatic heterocycles. The van der Waals surface area contributed by atoms with E-state index in [0.717, 1.165) is 11.1 Å². The minimum absolute atomic E-state index is 0.0308. The van der Waals surface area contributed by atoms with Crippen molar-refractivity contribution in [3.05, 3.63) is 107 Å². The highest BCUT2D eigenvalue weighted by molar-refractivity contribution is 6.46. The third-order valence-corrected chi connectivity index (χ3v) is 5.85. The lowest BCUT2D eigenvalue weighted by Crippen LogP contribution is -2.29. The number of amides is 1.